The van der Waals surface area contributed by atoms with E-state index in [9.17, 15) is 9.59 Å². The molecule has 1 aliphatic rings. The van der Waals surface area contributed by atoms with Crippen molar-refractivity contribution in [2.45, 2.75) is 12.5 Å². The molecule has 0 aromatic carbocycles. The molecule has 1 rings (SSSR count). The van der Waals surface area contributed by atoms with E-state index in [-0.39, 0.29) is 25.0 Å². The maximum absolute atomic E-state index is 11.2. The smallest absolute Gasteiger partial charge is 0.236 e. The van der Waals surface area contributed by atoms with Crippen LogP contribution in [-0.4, -0.2) is 44.2 Å². The van der Waals surface area contributed by atoms with Crippen molar-refractivity contribution in [1.29, 1.82) is 0 Å². The topological polar surface area (TPSA) is 93.5 Å². The Kier molecular flexibility index (Phi) is 4.34. The largest absolute Gasteiger partial charge is 0.375 e. The number of nitrogens with one attached hydrogen (secondary N) is 2. The molecule has 0 bridgehead atoms. The molecular formula is C8H15N3O3. The van der Waals surface area contributed by atoms with Crippen molar-refractivity contribution in [2.24, 2.45) is 5.73 Å². The number of carbonyl (C=O) groups excluding carboxylic acids is 2. The minimum absolute atomic E-state index is 0.100. The molecule has 0 radical (unpaired) electrons. The van der Waals surface area contributed by atoms with Crippen LogP contribution in [0.5, 0.6) is 0 Å². The SMILES string of the molecule is NC(=O)CNC(=O)CC1CNCCO1. The van der Waals surface area contributed by atoms with Gasteiger partial charge in [-0.05, 0) is 0 Å². The van der Waals surface area contributed by atoms with Gasteiger partial charge in [0.15, 0.2) is 0 Å². The minimum atomic E-state index is -0.541. The third kappa shape index (κ3) is 4.20. The van der Waals surface area contributed by atoms with Gasteiger partial charge in [0.05, 0.1) is 25.7 Å². The second kappa shape index (κ2) is 5.56. The van der Waals surface area contributed by atoms with E-state index in [1.165, 1.54) is 0 Å². The van der Waals surface area contributed by atoms with Crippen LogP contribution >= 0.6 is 0 Å². The zero-order valence-electron chi connectivity index (χ0n) is 7.91. The first-order chi connectivity index (χ1) is 6.68. The predicted octanol–water partition coefficient (Wildman–Crippen LogP) is -2.03. The molecule has 1 heterocycles. The molecule has 6 heteroatoms. The lowest BCUT2D eigenvalue weighted by Gasteiger charge is -2.22. The molecule has 6 nitrogen and oxygen atoms in total. The number of primary amides is 1. The molecule has 1 fully saturated rings. The third-order valence-corrected chi connectivity index (χ3v) is 1.88. The Morgan fingerprint density at radius 1 is 1.57 bits per heavy atom. The van der Waals surface area contributed by atoms with Crippen LogP contribution in [0, 0.1) is 0 Å². The van der Waals surface area contributed by atoms with Gasteiger partial charge in [-0.15, -0.1) is 0 Å². The predicted molar refractivity (Wildman–Crippen MR) is 49.4 cm³/mol. The van der Waals surface area contributed by atoms with Gasteiger partial charge >= 0.3 is 0 Å². The van der Waals surface area contributed by atoms with Crippen molar-refractivity contribution < 1.29 is 14.3 Å². The molecule has 0 aromatic heterocycles. The Hall–Kier alpha value is -1.14. The van der Waals surface area contributed by atoms with Gasteiger partial charge in [0.1, 0.15) is 0 Å². The van der Waals surface area contributed by atoms with E-state index in [1.807, 2.05) is 0 Å². The normalized spacial score (nSPS) is 21.6. The van der Waals surface area contributed by atoms with Crippen LogP contribution in [0.3, 0.4) is 0 Å². The molecular weight excluding hydrogens is 186 g/mol. The fourth-order valence-electron chi connectivity index (χ4n) is 1.22. The van der Waals surface area contributed by atoms with Gasteiger partial charge in [-0.3, -0.25) is 9.59 Å². The average Bonchev–Trinajstić information content (AvgIpc) is 2.16. The Morgan fingerprint density at radius 2 is 2.36 bits per heavy atom. The van der Waals surface area contributed by atoms with Gasteiger partial charge in [-0.25, -0.2) is 0 Å². The summed E-state index contributed by atoms with van der Waals surface area (Å²) in [5.41, 5.74) is 4.88. The second-order valence-corrected chi connectivity index (χ2v) is 3.14. The van der Waals surface area contributed by atoms with Crippen molar-refractivity contribution in [3.05, 3.63) is 0 Å². The molecule has 0 saturated carbocycles. The fraction of sp³-hybridized carbons (Fsp3) is 0.750. The molecule has 0 aliphatic carbocycles. The van der Waals surface area contributed by atoms with Crippen LogP contribution in [0.15, 0.2) is 0 Å². The number of ether oxygens (including phenoxy) is 1. The first kappa shape index (κ1) is 10.9. The van der Waals surface area contributed by atoms with Crippen LogP contribution in [0.25, 0.3) is 0 Å². The Bertz CT molecular complexity index is 214. The number of nitrogens with two attached hydrogens (primary N) is 1. The van der Waals surface area contributed by atoms with Crippen LogP contribution in [0.1, 0.15) is 6.42 Å². The highest BCUT2D eigenvalue weighted by molar-refractivity contribution is 5.83. The van der Waals surface area contributed by atoms with Crippen molar-refractivity contribution in [3.8, 4) is 0 Å². The van der Waals surface area contributed by atoms with Crippen molar-refractivity contribution in [2.75, 3.05) is 26.2 Å². The van der Waals surface area contributed by atoms with Crippen LogP contribution in [-0.2, 0) is 14.3 Å². The fourth-order valence-corrected chi connectivity index (χ4v) is 1.22. The lowest BCUT2D eigenvalue weighted by atomic mass is 10.2. The number of amides is 2. The lowest BCUT2D eigenvalue weighted by Crippen LogP contribution is -2.42. The molecule has 4 N–H and O–H groups in total. The van der Waals surface area contributed by atoms with Gasteiger partial charge < -0.3 is 21.1 Å². The molecule has 1 atom stereocenters. The molecule has 80 valence electrons. The van der Waals surface area contributed by atoms with Crippen LogP contribution in [0.2, 0.25) is 0 Å². The van der Waals surface area contributed by atoms with Crippen molar-refractivity contribution >= 4 is 11.8 Å². The summed E-state index contributed by atoms with van der Waals surface area (Å²) in [5.74, 6) is -0.751. The molecule has 1 aliphatic heterocycles. The van der Waals surface area contributed by atoms with Crippen molar-refractivity contribution in [3.63, 3.8) is 0 Å². The Morgan fingerprint density at radius 3 is 2.93 bits per heavy atom. The number of carbonyl (C=O) groups is 2. The Balaban J connectivity index is 2.15. The highest BCUT2D eigenvalue weighted by Gasteiger charge is 2.17. The number of hydrogen-bond donors (Lipinski definition) is 3. The highest BCUT2D eigenvalue weighted by atomic mass is 16.5. The van der Waals surface area contributed by atoms with E-state index in [2.05, 4.69) is 10.6 Å². The highest BCUT2D eigenvalue weighted by Crippen LogP contribution is 2.00. The standard InChI is InChI=1S/C8H15N3O3/c9-7(12)5-11-8(13)3-6-4-10-1-2-14-6/h6,10H,1-5H2,(H2,9,12)(H,11,13). The van der Waals surface area contributed by atoms with E-state index in [0.717, 1.165) is 6.54 Å². The summed E-state index contributed by atoms with van der Waals surface area (Å²) in [6, 6.07) is 0. The molecule has 0 spiro atoms. The van der Waals surface area contributed by atoms with Gasteiger partial charge in [0.25, 0.3) is 0 Å². The average molecular weight is 201 g/mol. The summed E-state index contributed by atoms with van der Waals surface area (Å²) in [4.78, 5) is 21.5. The third-order valence-electron chi connectivity index (χ3n) is 1.88. The van der Waals surface area contributed by atoms with Crippen LogP contribution < -0.4 is 16.4 Å². The molecule has 14 heavy (non-hydrogen) atoms. The van der Waals surface area contributed by atoms with Gasteiger partial charge in [-0.2, -0.15) is 0 Å². The molecule has 1 saturated heterocycles. The first-order valence-electron chi connectivity index (χ1n) is 4.56. The zero-order valence-corrected chi connectivity index (χ0v) is 7.91. The van der Waals surface area contributed by atoms with E-state index < -0.39 is 5.91 Å². The number of rotatable bonds is 4. The molecule has 2 amide bonds. The quantitative estimate of drug-likeness (QED) is 0.489. The number of hydrogen-bond acceptors (Lipinski definition) is 4. The van der Waals surface area contributed by atoms with Gasteiger partial charge in [0.2, 0.25) is 11.8 Å². The molecule has 0 aromatic rings. The number of morpholine rings is 1. The maximum atomic E-state index is 11.2. The van der Waals surface area contributed by atoms with E-state index in [4.69, 9.17) is 10.5 Å². The van der Waals surface area contributed by atoms with E-state index >= 15 is 0 Å². The van der Waals surface area contributed by atoms with Crippen molar-refractivity contribution in [1.82, 2.24) is 10.6 Å². The summed E-state index contributed by atoms with van der Waals surface area (Å²) in [5, 5.41) is 5.52. The summed E-state index contributed by atoms with van der Waals surface area (Å²) < 4.78 is 5.32. The summed E-state index contributed by atoms with van der Waals surface area (Å²) in [7, 11) is 0. The Labute approximate surface area is 82.2 Å². The first-order valence-corrected chi connectivity index (χ1v) is 4.56. The molecule has 1 unspecified atom stereocenters. The van der Waals surface area contributed by atoms with E-state index in [0.29, 0.717) is 13.2 Å². The second-order valence-electron chi connectivity index (χ2n) is 3.14. The van der Waals surface area contributed by atoms with E-state index in [1.54, 1.807) is 0 Å². The summed E-state index contributed by atoms with van der Waals surface area (Å²) in [6.45, 7) is 2.00. The van der Waals surface area contributed by atoms with Gasteiger partial charge in [0, 0.05) is 13.1 Å². The zero-order chi connectivity index (χ0) is 10.4. The van der Waals surface area contributed by atoms with Gasteiger partial charge in [-0.1, -0.05) is 0 Å². The summed E-state index contributed by atoms with van der Waals surface area (Å²) >= 11 is 0. The monoisotopic (exact) mass is 201 g/mol. The minimum Gasteiger partial charge on any atom is -0.375 e. The summed E-state index contributed by atoms with van der Waals surface area (Å²) in [6.07, 6.45) is 0.164. The maximum Gasteiger partial charge on any atom is 0.236 e. The van der Waals surface area contributed by atoms with Crippen LogP contribution in [0.4, 0.5) is 0 Å². The lowest BCUT2D eigenvalue weighted by molar-refractivity contribution is -0.127.